The fraction of sp³-hybridized carbons (Fsp3) is 0. The van der Waals surface area contributed by atoms with Crippen LogP contribution in [0.4, 0.5) is 5.69 Å². The van der Waals surface area contributed by atoms with Crippen molar-refractivity contribution < 1.29 is 4.92 Å². The number of rotatable bonds is 2. The van der Waals surface area contributed by atoms with E-state index >= 15 is 0 Å². The van der Waals surface area contributed by atoms with Crippen molar-refractivity contribution in [2.75, 3.05) is 0 Å². The predicted molar refractivity (Wildman–Crippen MR) is 93.5 cm³/mol. The third kappa shape index (κ3) is 2.23. The van der Waals surface area contributed by atoms with Gasteiger partial charge in [0.25, 0.3) is 5.69 Å². The van der Waals surface area contributed by atoms with E-state index in [9.17, 15) is 10.1 Å². The van der Waals surface area contributed by atoms with Crippen LogP contribution in [0.1, 0.15) is 0 Å². The Morgan fingerprint density at radius 3 is 2.04 bits per heavy atom. The quantitative estimate of drug-likeness (QED) is 0.276. The number of benzene rings is 4. The number of fused-ring (bicyclic) bond motifs is 2. The first-order valence-electron chi connectivity index (χ1n) is 7.39. The molecule has 3 heteroatoms. The standard InChI is InChI=1S/C20H13NO2/c22-21(23)19-11-10-17-12-15-8-4-5-9-16(15)13-18(17)20(19)14-6-2-1-3-7-14/h1-13H. The molecule has 4 aromatic carbocycles. The number of nitro groups is 1. The van der Waals surface area contributed by atoms with Crippen molar-refractivity contribution >= 4 is 27.2 Å². The van der Waals surface area contributed by atoms with Crippen molar-refractivity contribution in [3.8, 4) is 11.1 Å². The highest BCUT2D eigenvalue weighted by molar-refractivity contribution is 6.07. The first kappa shape index (κ1) is 13.5. The Kier molecular flexibility index (Phi) is 3.05. The first-order valence-corrected chi connectivity index (χ1v) is 7.39. The summed E-state index contributed by atoms with van der Waals surface area (Å²) in [6, 6.07) is 25.2. The topological polar surface area (TPSA) is 43.1 Å². The third-order valence-corrected chi connectivity index (χ3v) is 4.12. The number of hydrogen-bond acceptors (Lipinski definition) is 2. The summed E-state index contributed by atoms with van der Waals surface area (Å²) in [6.07, 6.45) is 0. The Morgan fingerprint density at radius 1 is 0.696 bits per heavy atom. The van der Waals surface area contributed by atoms with Gasteiger partial charge in [-0.15, -0.1) is 0 Å². The van der Waals surface area contributed by atoms with Crippen LogP contribution in [-0.2, 0) is 0 Å². The second-order valence-electron chi connectivity index (χ2n) is 5.50. The Morgan fingerprint density at radius 2 is 1.35 bits per heavy atom. The molecular weight excluding hydrogens is 286 g/mol. The van der Waals surface area contributed by atoms with E-state index in [2.05, 4.69) is 12.1 Å². The summed E-state index contributed by atoms with van der Waals surface area (Å²) in [4.78, 5) is 11.2. The van der Waals surface area contributed by atoms with Gasteiger partial charge in [0.15, 0.2) is 0 Å². The monoisotopic (exact) mass is 299 g/mol. The molecule has 0 heterocycles. The highest BCUT2D eigenvalue weighted by atomic mass is 16.6. The van der Waals surface area contributed by atoms with Gasteiger partial charge in [0.1, 0.15) is 0 Å². The van der Waals surface area contributed by atoms with Crippen LogP contribution >= 0.6 is 0 Å². The van der Waals surface area contributed by atoms with Gasteiger partial charge in [-0.3, -0.25) is 10.1 Å². The van der Waals surface area contributed by atoms with E-state index in [4.69, 9.17) is 0 Å². The highest BCUT2D eigenvalue weighted by Crippen LogP contribution is 2.38. The number of hydrogen-bond donors (Lipinski definition) is 0. The van der Waals surface area contributed by atoms with Crippen LogP contribution in [0.15, 0.2) is 78.9 Å². The second-order valence-corrected chi connectivity index (χ2v) is 5.50. The molecule has 0 N–H and O–H groups in total. The predicted octanol–water partition coefficient (Wildman–Crippen LogP) is 5.57. The van der Waals surface area contributed by atoms with Gasteiger partial charge >= 0.3 is 0 Å². The zero-order valence-corrected chi connectivity index (χ0v) is 12.3. The van der Waals surface area contributed by atoms with Gasteiger partial charge in [0.2, 0.25) is 0 Å². The van der Waals surface area contributed by atoms with E-state index in [0.717, 1.165) is 27.1 Å². The van der Waals surface area contributed by atoms with Crippen molar-refractivity contribution in [2.45, 2.75) is 0 Å². The normalized spacial score (nSPS) is 11.0. The zero-order valence-electron chi connectivity index (χ0n) is 12.3. The summed E-state index contributed by atoms with van der Waals surface area (Å²) >= 11 is 0. The van der Waals surface area contributed by atoms with Crippen LogP contribution in [0, 0.1) is 10.1 Å². The molecule has 0 radical (unpaired) electrons. The smallest absolute Gasteiger partial charge is 0.258 e. The van der Waals surface area contributed by atoms with Crippen molar-refractivity contribution in [1.82, 2.24) is 0 Å². The Bertz CT molecular complexity index is 1040. The van der Waals surface area contributed by atoms with Gasteiger partial charge in [-0.25, -0.2) is 0 Å². The largest absolute Gasteiger partial charge is 0.277 e. The molecule has 0 aliphatic heterocycles. The van der Waals surface area contributed by atoms with Crippen molar-refractivity contribution in [3.05, 3.63) is 89.0 Å². The molecule has 23 heavy (non-hydrogen) atoms. The minimum atomic E-state index is -0.309. The molecule has 0 spiro atoms. The molecule has 0 aliphatic rings. The Balaban J connectivity index is 2.16. The van der Waals surface area contributed by atoms with Crippen LogP contribution in [0.5, 0.6) is 0 Å². The summed E-state index contributed by atoms with van der Waals surface area (Å²) in [5.41, 5.74) is 1.68. The van der Waals surface area contributed by atoms with Gasteiger partial charge in [0.05, 0.1) is 10.5 Å². The maximum atomic E-state index is 11.5. The summed E-state index contributed by atoms with van der Waals surface area (Å²) < 4.78 is 0. The van der Waals surface area contributed by atoms with Gasteiger partial charge in [-0.05, 0) is 45.3 Å². The average molecular weight is 299 g/mol. The van der Waals surface area contributed by atoms with E-state index in [1.54, 1.807) is 6.07 Å². The van der Waals surface area contributed by atoms with Crippen molar-refractivity contribution in [1.29, 1.82) is 0 Å². The Hall–Kier alpha value is -3.20. The highest BCUT2D eigenvalue weighted by Gasteiger charge is 2.18. The molecule has 0 saturated heterocycles. The fourth-order valence-corrected chi connectivity index (χ4v) is 3.06. The fourth-order valence-electron chi connectivity index (χ4n) is 3.06. The molecule has 0 bridgehead atoms. The van der Waals surface area contributed by atoms with Crippen LogP contribution in [0.2, 0.25) is 0 Å². The minimum absolute atomic E-state index is 0.138. The van der Waals surface area contributed by atoms with Gasteiger partial charge in [-0.1, -0.05) is 54.6 Å². The molecule has 0 unspecified atom stereocenters. The molecule has 110 valence electrons. The van der Waals surface area contributed by atoms with Crippen molar-refractivity contribution in [2.24, 2.45) is 0 Å². The minimum Gasteiger partial charge on any atom is -0.258 e. The molecule has 0 saturated carbocycles. The third-order valence-electron chi connectivity index (χ3n) is 4.12. The molecule has 0 atom stereocenters. The Labute approximate surface area is 133 Å². The second kappa shape index (κ2) is 5.21. The number of nitro benzene ring substituents is 1. The molecule has 0 aromatic heterocycles. The molecule has 0 amide bonds. The van der Waals surface area contributed by atoms with Crippen LogP contribution in [-0.4, -0.2) is 4.92 Å². The van der Waals surface area contributed by atoms with Gasteiger partial charge < -0.3 is 0 Å². The molecule has 0 fully saturated rings. The molecular formula is C20H13NO2. The van der Waals surface area contributed by atoms with E-state index in [1.807, 2.05) is 60.7 Å². The van der Waals surface area contributed by atoms with Crippen molar-refractivity contribution in [3.63, 3.8) is 0 Å². The van der Waals surface area contributed by atoms with E-state index in [-0.39, 0.29) is 10.6 Å². The van der Waals surface area contributed by atoms with Crippen LogP contribution in [0.25, 0.3) is 32.7 Å². The average Bonchev–Trinajstić information content (AvgIpc) is 2.59. The van der Waals surface area contributed by atoms with E-state index in [0.29, 0.717) is 5.56 Å². The zero-order chi connectivity index (χ0) is 15.8. The lowest BCUT2D eigenvalue weighted by Crippen LogP contribution is -1.93. The van der Waals surface area contributed by atoms with Gasteiger partial charge in [0, 0.05) is 6.07 Å². The van der Waals surface area contributed by atoms with E-state index in [1.165, 1.54) is 0 Å². The van der Waals surface area contributed by atoms with Crippen LogP contribution in [0.3, 0.4) is 0 Å². The first-order chi connectivity index (χ1) is 11.2. The maximum absolute atomic E-state index is 11.5. The lowest BCUT2D eigenvalue weighted by molar-refractivity contribution is -0.384. The van der Waals surface area contributed by atoms with Crippen LogP contribution < -0.4 is 0 Å². The number of nitrogens with zero attached hydrogens (tertiary/aromatic N) is 1. The summed E-state index contributed by atoms with van der Waals surface area (Å²) in [7, 11) is 0. The molecule has 4 aromatic rings. The summed E-state index contributed by atoms with van der Waals surface area (Å²) in [5, 5.41) is 15.6. The molecule has 3 nitrogen and oxygen atoms in total. The molecule has 4 rings (SSSR count). The van der Waals surface area contributed by atoms with Gasteiger partial charge in [-0.2, -0.15) is 0 Å². The van der Waals surface area contributed by atoms with E-state index < -0.39 is 0 Å². The lowest BCUT2D eigenvalue weighted by Gasteiger charge is -2.09. The maximum Gasteiger partial charge on any atom is 0.277 e. The lowest BCUT2D eigenvalue weighted by atomic mass is 9.94. The molecule has 0 aliphatic carbocycles. The summed E-state index contributed by atoms with van der Waals surface area (Å²) in [6.45, 7) is 0. The summed E-state index contributed by atoms with van der Waals surface area (Å²) in [5.74, 6) is 0. The SMILES string of the molecule is O=[N+]([O-])c1ccc2cc3ccccc3cc2c1-c1ccccc1.